The van der Waals surface area contributed by atoms with Gasteiger partial charge in [-0.05, 0) is 50.3 Å². The predicted octanol–water partition coefficient (Wildman–Crippen LogP) is 2.26. The summed E-state index contributed by atoms with van der Waals surface area (Å²) in [5, 5.41) is 13.8. The molecule has 0 aromatic carbocycles. The first-order chi connectivity index (χ1) is 14.5. The van der Waals surface area contributed by atoms with Gasteiger partial charge < -0.3 is 15.1 Å². The van der Waals surface area contributed by atoms with Crippen LogP contribution in [0, 0.1) is 37.0 Å². The lowest BCUT2D eigenvalue weighted by molar-refractivity contribution is 0.0744. The summed E-state index contributed by atoms with van der Waals surface area (Å²) in [6, 6.07) is 4.46. The Morgan fingerprint density at radius 1 is 1.23 bits per heavy atom. The number of nitriles is 1. The van der Waals surface area contributed by atoms with Crippen molar-refractivity contribution in [2.75, 3.05) is 56.5 Å². The predicted molar refractivity (Wildman–Crippen MR) is 118 cm³/mol. The van der Waals surface area contributed by atoms with Crippen LogP contribution in [0.25, 0.3) is 0 Å². The molecule has 3 saturated heterocycles. The maximum Gasteiger partial charge on any atom is 0.229 e. The van der Waals surface area contributed by atoms with Crippen molar-refractivity contribution in [3.05, 3.63) is 23.5 Å². The molecule has 0 bridgehead atoms. The van der Waals surface area contributed by atoms with Gasteiger partial charge in [0.15, 0.2) is 0 Å². The van der Waals surface area contributed by atoms with Gasteiger partial charge in [0.2, 0.25) is 5.95 Å². The van der Waals surface area contributed by atoms with Gasteiger partial charge in [-0.15, -0.1) is 0 Å². The normalized spacial score (nSPS) is 25.7. The Morgan fingerprint density at radius 2 is 1.97 bits per heavy atom. The Hall–Kier alpha value is -2.28. The number of aromatic nitrogens is 3. The summed E-state index contributed by atoms with van der Waals surface area (Å²) >= 11 is 1.41. The SMILES string of the molecule is Cc1cc(Nc2ncc(C)c(N3CC(CC#N)(N4CC5CN(C)CC5C4)C3)n2)sn1. The van der Waals surface area contributed by atoms with E-state index in [0.717, 1.165) is 60.1 Å². The minimum Gasteiger partial charge on any atom is -0.352 e. The van der Waals surface area contributed by atoms with E-state index in [2.05, 4.69) is 49.4 Å². The lowest BCUT2D eigenvalue weighted by Crippen LogP contribution is -2.70. The summed E-state index contributed by atoms with van der Waals surface area (Å²) in [6.45, 7) is 10.3. The van der Waals surface area contributed by atoms with E-state index in [1.807, 2.05) is 19.2 Å². The van der Waals surface area contributed by atoms with Crippen molar-refractivity contribution in [1.82, 2.24) is 24.1 Å². The molecule has 0 radical (unpaired) electrons. The molecule has 0 spiro atoms. The highest BCUT2D eigenvalue weighted by molar-refractivity contribution is 7.10. The van der Waals surface area contributed by atoms with E-state index >= 15 is 0 Å². The quantitative estimate of drug-likeness (QED) is 0.783. The van der Waals surface area contributed by atoms with E-state index in [0.29, 0.717) is 12.4 Å². The molecular formula is C21H28N8S. The third-order valence-electron chi connectivity index (χ3n) is 6.83. The first kappa shape index (κ1) is 19.7. The van der Waals surface area contributed by atoms with E-state index in [9.17, 15) is 5.26 Å². The number of hydrogen-bond donors (Lipinski definition) is 1. The van der Waals surface area contributed by atoms with Crippen LogP contribution in [0.1, 0.15) is 17.7 Å². The van der Waals surface area contributed by atoms with Crippen LogP contribution in [0.5, 0.6) is 0 Å². The molecule has 9 heteroatoms. The zero-order chi connectivity index (χ0) is 20.9. The Balaban J connectivity index is 1.31. The molecule has 2 aromatic heterocycles. The number of aryl methyl sites for hydroxylation is 2. The number of hydrogen-bond acceptors (Lipinski definition) is 9. The third kappa shape index (κ3) is 3.43. The van der Waals surface area contributed by atoms with E-state index in [-0.39, 0.29) is 5.54 Å². The fraction of sp³-hybridized carbons (Fsp3) is 0.619. The molecule has 5 heterocycles. The van der Waals surface area contributed by atoms with Crippen molar-refractivity contribution in [2.24, 2.45) is 11.8 Å². The molecule has 158 valence electrons. The molecule has 0 amide bonds. The fourth-order valence-corrected chi connectivity index (χ4v) is 6.00. The summed E-state index contributed by atoms with van der Waals surface area (Å²) in [7, 11) is 2.22. The van der Waals surface area contributed by atoms with Crippen molar-refractivity contribution in [2.45, 2.75) is 25.8 Å². The largest absolute Gasteiger partial charge is 0.352 e. The summed E-state index contributed by atoms with van der Waals surface area (Å²) in [5.74, 6) is 3.05. The van der Waals surface area contributed by atoms with Crippen LogP contribution in [-0.2, 0) is 0 Å². The molecule has 0 aliphatic carbocycles. The minimum absolute atomic E-state index is 0.0442. The zero-order valence-electron chi connectivity index (χ0n) is 17.8. The minimum atomic E-state index is -0.0442. The monoisotopic (exact) mass is 424 g/mol. The first-order valence-corrected chi connectivity index (χ1v) is 11.3. The maximum atomic E-state index is 9.55. The highest BCUT2D eigenvalue weighted by atomic mass is 32.1. The van der Waals surface area contributed by atoms with Gasteiger partial charge in [0.05, 0.1) is 23.7 Å². The van der Waals surface area contributed by atoms with E-state index in [1.165, 1.54) is 24.6 Å². The summed E-state index contributed by atoms with van der Waals surface area (Å²) in [4.78, 5) is 16.6. The van der Waals surface area contributed by atoms with Crippen LogP contribution in [0.2, 0.25) is 0 Å². The lowest BCUT2D eigenvalue weighted by atomic mass is 9.84. The number of fused-ring (bicyclic) bond motifs is 1. The van der Waals surface area contributed by atoms with Crippen LogP contribution in [0.4, 0.5) is 16.8 Å². The third-order valence-corrected chi connectivity index (χ3v) is 7.62. The maximum absolute atomic E-state index is 9.55. The average molecular weight is 425 g/mol. The van der Waals surface area contributed by atoms with Gasteiger partial charge >= 0.3 is 0 Å². The van der Waals surface area contributed by atoms with Crippen LogP contribution in [-0.4, -0.2) is 76.0 Å². The van der Waals surface area contributed by atoms with Crippen LogP contribution in [0.3, 0.4) is 0 Å². The Bertz CT molecular complexity index is 962. The fourth-order valence-electron chi connectivity index (χ4n) is 5.35. The smallest absolute Gasteiger partial charge is 0.229 e. The summed E-state index contributed by atoms with van der Waals surface area (Å²) in [6.07, 6.45) is 2.45. The van der Waals surface area contributed by atoms with Gasteiger partial charge in [-0.2, -0.15) is 14.6 Å². The average Bonchev–Trinajstić information content (AvgIpc) is 3.34. The van der Waals surface area contributed by atoms with Gasteiger partial charge in [0, 0.05) is 51.0 Å². The molecule has 0 saturated carbocycles. The molecule has 3 aliphatic heterocycles. The molecule has 3 aliphatic rings. The second-order valence-corrected chi connectivity index (χ2v) is 10.0. The molecule has 5 rings (SSSR count). The molecule has 8 nitrogen and oxygen atoms in total. The zero-order valence-corrected chi connectivity index (χ0v) is 18.6. The van der Waals surface area contributed by atoms with Crippen LogP contribution >= 0.6 is 11.5 Å². The van der Waals surface area contributed by atoms with Crippen LogP contribution in [0.15, 0.2) is 12.3 Å². The van der Waals surface area contributed by atoms with E-state index in [1.54, 1.807) is 0 Å². The molecule has 2 aromatic rings. The number of rotatable bonds is 5. The molecule has 2 unspecified atom stereocenters. The lowest BCUT2D eigenvalue weighted by Gasteiger charge is -2.55. The number of likely N-dealkylation sites (tertiary alicyclic amines) is 2. The molecule has 1 N–H and O–H groups in total. The molecule has 3 fully saturated rings. The Morgan fingerprint density at radius 3 is 2.60 bits per heavy atom. The van der Waals surface area contributed by atoms with Gasteiger partial charge in [-0.25, -0.2) is 4.98 Å². The molecule has 30 heavy (non-hydrogen) atoms. The van der Waals surface area contributed by atoms with Gasteiger partial charge in [0.25, 0.3) is 0 Å². The number of nitrogens with one attached hydrogen (secondary N) is 1. The first-order valence-electron chi connectivity index (χ1n) is 10.6. The summed E-state index contributed by atoms with van der Waals surface area (Å²) < 4.78 is 4.30. The second-order valence-electron chi connectivity index (χ2n) is 9.22. The topological polar surface area (TPSA) is 84.2 Å². The van der Waals surface area contributed by atoms with Crippen LogP contribution < -0.4 is 10.2 Å². The van der Waals surface area contributed by atoms with Crippen molar-refractivity contribution in [3.63, 3.8) is 0 Å². The van der Waals surface area contributed by atoms with E-state index in [4.69, 9.17) is 4.98 Å². The highest BCUT2D eigenvalue weighted by Crippen LogP contribution is 2.41. The Kier molecular flexibility index (Phi) is 4.88. The van der Waals surface area contributed by atoms with Crippen molar-refractivity contribution in [3.8, 4) is 6.07 Å². The Labute approximate surface area is 181 Å². The van der Waals surface area contributed by atoms with Crippen molar-refractivity contribution >= 4 is 28.3 Å². The highest BCUT2D eigenvalue weighted by Gasteiger charge is 2.53. The standard InChI is InChI=1S/C21H28N8S/c1-14-7-23-20(24-18-6-15(2)26-30-18)25-19(14)28-12-21(13-28,4-5-22)29-10-16-8-27(3)9-17(16)11-29/h6-7,16-17H,4,8-13H2,1-3H3,(H,23,24,25). The van der Waals surface area contributed by atoms with Crippen molar-refractivity contribution < 1.29 is 0 Å². The van der Waals surface area contributed by atoms with Gasteiger partial charge in [-0.1, -0.05) is 0 Å². The molecule has 2 atom stereocenters. The number of nitrogens with zero attached hydrogens (tertiary/aromatic N) is 7. The summed E-state index contributed by atoms with van der Waals surface area (Å²) in [5.41, 5.74) is 2.00. The number of anilines is 3. The second kappa shape index (κ2) is 7.45. The van der Waals surface area contributed by atoms with Gasteiger partial charge in [-0.3, -0.25) is 4.90 Å². The van der Waals surface area contributed by atoms with E-state index < -0.39 is 0 Å². The van der Waals surface area contributed by atoms with Crippen molar-refractivity contribution in [1.29, 1.82) is 5.26 Å². The van der Waals surface area contributed by atoms with Gasteiger partial charge in [0.1, 0.15) is 10.8 Å². The molecular weight excluding hydrogens is 396 g/mol.